The standard InChI is InChI=1S/C41H40O3S/c1-28(2)34-7-5-9-36(25-34)30-11-15-32(16-12-30)40(23-24-45-39-21-19-38(20-22-39)44-27-41(42)43)33-17-13-31(14-18-33)37-10-6-8-35(26-37)29(3)4/h5-23,25-26,28-29H,24,27H2,1-4H3,(H,42,43). The Balaban J connectivity index is 1.41. The third-order valence-corrected chi connectivity index (χ3v) is 8.83. The largest absolute Gasteiger partial charge is 0.482 e. The highest BCUT2D eigenvalue weighted by molar-refractivity contribution is 7.99. The Bertz CT molecular complexity index is 1650. The average Bonchev–Trinajstić information content (AvgIpc) is 3.06. The van der Waals surface area contributed by atoms with Gasteiger partial charge in [0.15, 0.2) is 6.61 Å². The first-order chi connectivity index (χ1) is 21.8. The summed E-state index contributed by atoms with van der Waals surface area (Å²) >= 11 is 1.73. The van der Waals surface area contributed by atoms with Crippen LogP contribution < -0.4 is 4.74 Å². The predicted octanol–water partition coefficient (Wildman–Crippen LogP) is 11.0. The molecule has 0 saturated heterocycles. The molecule has 5 aromatic rings. The molecule has 0 aliphatic heterocycles. The number of benzene rings is 5. The maximum Gasteiger partial charge on any atom is 0.341 e. The number of carbonyl (C=O) groups is 1. The highest BCUT2D eigenvalue weighted by atomic mass is 32.2. The number of thioether (sulfide) groups is 1. The lowest BCUT2D eigenvalue weighted by atomic mass is 9.92. The Kier molecular flexibility index (Phi) is 10.6. The summed E-state index contributed by atoms with van der Waals surface area (Å²) in [5, 5.41) is 8.86. The minimum absolute atomic E-state index is 0.345. The van der Waals surface area contributed by atoms with Crippen LogP contribution in [0.25, 0.3) is 27.8 Å². The van der Waals surface area contributed by atoms with Gasteiger partial charge in [-0.1, -0.05) is 131 Å². The number of carboxylic acids is 1. The zero-order chi connectivity index (χ0) is 31.8. The normalized spacial score (nSPS) is 11.1. The van der Waals surface area contributed by atoms with E-state index in [4.69, 9.17) is 9.84 Å². The summed E-state index contributed by atoms with van der Waals surface area (Å²) in [5.74, 6) is 1.32. The maximum absolute atomic E-state index is 10.8. The molecule has 0 unspecified atom stereocenters. The van der Waals surface area contributed by atoms with Gasteiger partial charge in [0.05, 0.1) is 0 Å². The molecule has 0 aromatic heterocycles. The van der Waals surface area contributed by atoms with Crippen molar-refractivity contribution in [3.63, 3.8) is 0 Å². The van der Waals surface area contributed by atoms with Gasteiger partial charge < -0.3 is 9.84 Å². The van der Waals surface area contributed by atoms with Crippen molar-refractivity contribution in [3.8, 4) is 28.0 Å². The molecule has 0 spiro atoms. The molecule has 0 fully saturated rings. The van der Waals surface area contributed by atoms with Crippen LogP contribution >= 0.6 is 11.8 Å². The van der Waals surface area contributed by atoms with Crippen LogP contribution in [-0.2, 0) is 4.79 Å². The SMILES string of the molecule is CC(C)c1cccc(-c2ccc(C(=CCSc3ccc(OCC(=O)O)cc3)c3ccc(-c4cccc(C(C)C)c4)cc3)cc2)c1. The Morgan fingerprint density at radius 1 is 0.667 bits per heavy atom. The minimum Gasteiger partial charge on any atom is -0.482 e. The van der Waals surface area contributed by atoms with Gasteiger partial charge in [-0.3, -0.25) is 0 Å². The molecule has 0 aliphatic rings. The molecule has 0 heterocycles. The third-order valence-electron chi connectivity index (χ3n) is 7.89. The average molecular weight is 613 g/mol. The quantitative estimate of drug-likeness (QED) is 0.142. The van der Waals surface area contributed by atoms with E-state index >= 15 is 0 Å². The topological polar surface area (TPSA) is 46.5 Å². The summed E-state index contributed by atoms with van der Waals surface area (Å²) in [6.45, 7) is 8.56. The number of hydrogen-bond acceptors (Lipinski definition) is 3. The van der Waals surface area contributed by atoms with E-state index in [9.17, 15) is 4.79 Å². The van der Waals surface area contributed by atoms with Crippen molar-refractivity contribution in [1.82, 2.24) is 0 Å². The van der Waals surface area contributed by atoms with E-state index in [0.717, 1.165) is 10.6 Å². The molecule has 5 rings (SSSR count). The molecular weight excluding hydrogens is 573 g/mol. The van der Waals surface area contributed by atoms with E-state index in [1.165, 1.54) is 50.1 Å². The van der Waals surface area contributed by atoms with Crippen molar-refractivity contribution >= 4 is 23.3 Å². The lowest BCUT2D eigenvalue weighted by molar-refractivity contribution is -0.139. The molecule has 0 saturated carbocycles. The number of carboxylic acid groups (broad SMARTS) is 1. The zero-order valence-corrected chi connectivity index (χ0v) is 27.2. The summed E-state index contributed by atoms with van der Waals surface area (Å²) in [4.78, 5) is 11.9. The molecular formula is C41H40O3S. The lowest BCUT2D eigenvalue weighted by Gasteiger charge is -2.13. The van der Waals surface area contributed by atoms with Crippen LogP contribution in [-0.4, -0.2) is 23.4 Å². The molecule has 0 amide bonds. The minimum atomic E-state index is -0.986. The summed E-state index contributed by atoms with van der Waals surface area (Å²) in [6.07, 6.45) is 2.29. The summed E-state index contributed by atoms with van der Waals surface area (Å²) < 4.78 is 5.28. The van der Waals surface area contributed by atoms with Crippen molar-refractivity contribution in [2.24, 2.45) is 0 Å². The molecule has 3 nitrogen and oxygen atoms in total. The smallest absolute Gasteiger partial charge is 0.341 e. The van der Waals surface area contributed by atoms with E-state index < -0.39 is 5.97 Å². The van der Waals surface area contributed by atoms with Gasteiger partial charge in [0.25, 0.3) is 0 Å². The number of rotatable bonds is 12. The summed E-state index contributed by atoms with van der Waals surface area (Å²) in [7, 11) is 0. The fourth-order valence-corrected chi connectivity index (χ4v) is 6.01. The summed E-state index contributed by atoms with van der Waals surface area (Å²) in [5.41, 5.74) is 11.1. The molecule has 5 aromatic carbocycles. The molecule has 4 heteroatoms. The van der Waals surface area contributed by atoms with Gasteiger partial charge in [-0.2, -0.15) is 0 Å². The van der Waals surface area contributed by atoms with Crippen molar-refractivity contribution < 1.29 is 14.6 Å². The molecule has 1 N–H and O–H groups in total. The first-order valence-electron chi connectivity index (χ1n) is 15.5. The molecule has 45 heavy (non-hydrogen) atoms. The van der Waals surface area contributed by atoms with Crippen LogP contribution in [0.4, 0.5) is 0 Å². The highest BCUT2D eigenvalue weighted by Crippen LogP contribution is 2.32. The first kappa shape index (κ1) is 31.9. The highest BCUT2D eigenvalue weighted by Gasteiger charge is 2.10. The van der Waals surface area contributed by atoms with Crippen LogP contribution in [0.2, 0.25) is 0 Å². The lowest BCUT2D eigenvalue weighted by Crippen LogP contribution is -2.09. The third kappa shape index (κ3) is 8.55. The Morgan fingerprint density at radius 2 is 1.16 bits per heavy atom. The first-order valence-corrected chi connectivity index (χ1v) is 16.4. The van der Waals surface area contributed by atoms with E-state index in [2.05, 4.69) is 131 Å². The molecule has 0 atom stereocenters. The van der Waals surface area contributed by atoms with Crippen molar-refractivity contribution in [1.29, 1.82) is 0 Å². The fourth-order valence-electron chi connectivity index (χ4n) is 5.24. The summed E-state index contributed by atoms with van der Waals surface area (Å²) in [6, 6.07) is 43.0. The second-order valence-electron chi connectivity index (χ2n) is 11.8. The monoisotopic (exact) mass is 612 g/mol. The van der Waals surface area contributed by atoms with Crippen LogP contribution in [0.5, 0.6) is 5.75 Å². The van der Waals surface area contributed by atoms with Crippen LogP contribution in [0, 0.1) is 0 Å². The van der Waals surface area contributed by atoms with E-state index in [1.54, 1.807) is 11.8 Å². The van der Waals surface area contributed by atoms with Crippen LogP contribution in [0.3, 0.4) is 0 Å². The van der Waals surface area contributed by atoms with Gasteiger partial charge in [-0.15, -0.1) is 11.8 Å². The predicted molar refractivity (Wildman–Crippen MR) is 189 cm³/mol. The van der Waals surface area contributed by atoms with Gasteiger partial charge in [-0.25, -0.2) is 4.79 Å². The molecule has 0 radical (unpaired) electrons. The molecule has 228 valence electrons. The van der Waals surface area contributed by atoms with Gasteiger partial charge >= 0.3 is 5.97 Å². The van der Waals surface area contributed by atoms with Gasteiger partial charge in [-0.05, 0) is 86.2 Å². The molecule has 0 aliphatic carbocycles. The Labute approximate surface area is 271 Å². The molecule has 0 bridgehead atoms. The van der Waals surface area contributed by atoms with Gasteiger partial charge in [0, 0.05) is 10.6 Å². The maximum atomic E-state index is 10.8. The van der Waals surface area contributed by atoms with E-state index in [0.29, 0.717) is 17.6 Å². The number of hydrogen-bond donors (Lipinski definition) is 1. The van der Waals surface area contributed by atoms with Crippen molar-refractivity contribution in [3.05, 3.63) is 150 Å². The van der Waals surface area contributed by atoms with E-state index in [-0.39, 0.29) is 6.61 Å². The van der Waals surface area contributed by atoms with E-state index in [1.807, 2.05) is 24.3 Å². The number of aliphatic carboxylic acids is 1. The Hall–Kier alpha value is -4.54. The van der Waals surface area contributed by atoms with Crippen molar-refractivity contribution in [2.45, 2.75) is 44.4 Å². The van der Waals surface area contributed by atoms with Crippen LogP contribution in [0.15, 0.2) is 132 Å². The fraction of sp³-hybridized carbons (Fsp3) is 0.195. The number of ether oxygens (including phenoxy) is 1. The van der Waals surface area contributed by atoms with Gasteiger partial charge in [0.2, 0.25) is 0 Å². The second-order valence-corrected chi connectivity index (χ2v) is 12.9. The van der Waals surface area contributed by atoms with Crippen molar-refractivity contribution in [2.75, 3.05) is 12.4 Å². The Morgan fingerprint density at radius 3 is 1.60 bits per heavy atom. The van der Waals surface area contributed by atoms with Gasteiger partial charge in [0.1, 0.15) is 5.75 Å². The van der Waals surface area contributed by atoms with Crippen LogP contribution in [0.1, 0.15) is 61.8 Å². The zero-order valence-electron chi connectivity index (χ0n) is 26.4. The second kappa shape index (κ2) is 15.0.